The molecule has 0 radical (unpaired) electrons. The number of carbonyl (C=O) groups is 1. The fourth-order valence-corrected chi connectivity index (χ4v) is 9.01. The maximum absolute atomic E-state index is 11.9. The van der Waals surface area contributed by atoms with Crippen molar-refractivity contribution in [2.45, 2.75) is 82.0 Å². The molecule has 4 aliphatic carbocycles. The summed E-state index contributed by atoms with van der Waals surface area (Å²) in [6.07, 6.45) is 22.9. The van der Waals surface area contributed by atoms with E-state index in [4.69, 9.17) is 9.47 Å². The van der Waals surface area contributed by atoms with Gasteiger partial charge in [0.25, 0.3) is 0 Å². The molecule has 1 aromatic rings. The Morgan fingerprint density at radius 3 is 3.06 bits per heavy atom. The van der Waals surface area contributed by atoms with Crippen molar-refractivity contribution in [3.8, 4) is 0 Å². The molecule has 2 bridgehead atoms. The van der Waals surface area contributed by atoms with E-state index in [1.165, 1.54) is 35.1 Å². The maximum atomic E-state index is 11.9. The highest BCUT2D eigenvalue weighted by Gasteiger charge is 2.67. The standard InChI is InChI=1S/C30H36N2O3/c1-28-11-9-23-16-22-5-6-24(34-27(33)31-2)17-29(22)12-13-30(23,35-29)26(28)8-7-25(28)20-4-3-19-10-14-32-18-21(19)15-20/h3-4,9-10,14,16,18,20,24-26H,5-8,11-13,15,17H2,1-2H3,(H,31,33)/t20-,24?,25?,26+,28?,29+,30+/m0/s1. The van der Waals surface area contributed by atoms with Gasteiger partial charge in [0.15, 0.2) is 0 Å². The van der Waals surface area contributed by atoms with Gasteiger partial charge in [0, 0.05) is 25.9 Å². The second kappa shape index (κ2) is 7.55. The fraction of sp³-hybridized carbons (Fsp3) is 0.600. The van der Waals surface area contributed by atoms with Crippen LogP contribution in [-0.4, -0.2) is 35.4 Å². The zero-order valence-electron chi connectivity index (χ0n) is 20.9. The van der Waals surface area contributed by atoms with Gasteiger partial charge in [-0.2, -0.15) is 0 Å². The number of hydrogen-bond acceptors (Lipinski definition) is 4. The first-order valence-corrected chi connectivity index (χ1v) is 13.6. The first-order chi connectivity index (χ1) is 17.0. The molecular weight excluding hydrogens is 436 g/mol. The summed E-state index contributed by atoms with van der Waals surface area (Å²) < 4.78 is 13.0. The van der Waals surface area contributed by atoms with Crippen molar-refractivity contribution in [1.29, 1.82) is 0 Å². The first kappa shape index (κ1) is 21.8. The quantitative estimate of drug-likeness (QED) is 0.594. The monoisotopic (exact) mass is 472 g/mol. The zero-order valence-corrected chi connectivity index (χ0v) is 20.9. The Morgan fingerprint density at radius 1 is 1.26 bits per heavy atom. The Balaban J connectivity index is 1.19. The Kier molecular flexibility index (Phi) is 4.71. The van der Waals surface area contributed by atoms with Gasteiger partial charge in [0.2, 0.25) is 0 Å². The molecule has 3 heterocycles. The fourth-order valence-electron chi connectivity index (χ4n) is 9.01. The van der Waals surface area contributed by atoms with Crippen molar-refractivity contribution in [3.63, 3.8) is 0 Å². The van der Waals surface area contributed by atoms with Crippen molar-refractivity contribution in [2.24, 2.45) is 23.2 Å². The molecule has 3 unspecified atom stereocenters. The van der Waals surface area contributed by atoms with Crippen molar-refractivity contribution in [2.75, 3.05) is 7.05 Å². The topological polar surface area (TPSA) is 60.5 Å². The van der Waals surface area contributed by atoms with Crippen molar-refractivity contribution < 1.29 is 14.3 Å². The van der Waals surface area contributed by atoms with E-state index in [1.807, 2.05) is 6.20 Å². The summed E-state index contributed by atoms with van der Waals surface area (Å²) in [5.74, 6) is 1.77. The predicted molar refractivity (Wildman–Crippen MR) is 135 cm³/mol. The van der Waals surface area contributed by atoms with Crippen molar-refractivity contribution in [1.82, 2.24) is 10.3 Å². The van der Waals surface area contributed by atoms with Gasteiger partial charge in [-0.3, -0.25) is 4.98 Å². The summed E-state index contributed by atoms with van der Waals surface area (Å²) >= 11 is 0. The second-order valence-corrected chi connectivity index (χ2v) is 12.1. The van der Waals surface area contributed by atoms with Crippen LogP contribution in [0, 0.1) is 23.2 Å². The van der Waals surface area contributed by atoms with E-state index in [-0.39, 0.29) is 28.8 Å². The minimum atomic E-state index is -0.330. The number of hydrogen-bond donors (Lipinski definition) is 1. The molecular formula is C30H36N2O3. The molecule has 1 saturated heterocycles. The number of carbonyl (C=O) groups excluding carboxylic acids is 1. The van der Waals surface area contributed by atoms with Gasteiger partial charge in [-0.25, -0.2) is 4.79 Å². The zero-order chi connectivity index (χ0) is 23.8. The first-order valence-electron chi connectivity index (χ1n) is 13.6. The van der Waals surface area contributed by atoms with E-state index in [0.29, 0.717) is 17.8 Å². The van der Waals surface area contributed by atoms with E-state index in [2.05, 4.69) is 53.8 Å². The number of ether oxygens (including phenoxy) is 2. The highest BCUT2D eigenvalue weighted by atomic mass is 16.6. The third-order valence-electron chi connectivity index (χ3n) is 10.6. The van der Waals surface area contributed by atoms with Gasteiger partial charge in [-0.1, -0.05) is 31.2 Å². The number of nitrogens with zero attached hydrogens (tertiary/aromatic N) is 1. The number of alkyl carbamates (subject to hydrolysis) is 1. The Hall–Kier alpha value is -2.40. The normalized spacial score (nSPS) is 42.7. The number of fused-ring (bicyclic) bond motifs is 2. The number of rotatable bonds is 2. The lowest BCUT2D eigenvalue weighted by Crippen LogP contribution is -2.55. The van der Waals surface area contributed by atoms with Crippen LogP contribution in [0.4, 0.5) is 4.79 Å². The molecule has 1 amide bonds. The van der Waals surface area contributed by atoms with Crippen LogP contribution in [-0.2, 0) is 15.9 Å². The number of amides is 1. The molecule has 2 aliphatic heterocycles. The minimum Gasteiger partial charge on any atom is -0.446 e. The summed E-state index contributed by atoms with van der Waals surface area (Å²) in [6, 6.07) is 2.14. The highest BCUT2D eigenvalue weighted by Crippen LogP contribution is 2.68. The van der Waals surface area contributed by atoms with Gasteiger partial charge >= 0.3 is 6.09 Å². The molecule has 2 saturated carbocycles. The third kappa shape index (κ3) is 3.03. The van der Waals surface area contributed by atoms with Crippen molar-refractivity contribution >= 4 is 12.2 Å². The molecule has 6 aliphatic rings. The molecule has 5 heteroatoms. The van der Waals surface area contributed by atoms with Crippen LogP contribution in [0.15, 0.2) is 47.8 Å². The molecule has 1 N–H and O–H groups in total. The lowest BCUT2D eigenvalue weighted by atomic mass is 9.56. The molecule has 3 fully saturated rings. The van der Waals surface area contributed by atoms with Crippen LogP contribution in [0.5, 0.6) is 0 Å². The number of pyridine rings is 1. The van der Waals surface area contributed by atoms with Crippen LogP contribution >= 0.6 is 0 Å². The van der Waals surface area contributed by atoms with Crippen LogP contribution in [0.1, 0.15) is 69.4 Å². The molecule has 0 aromatic carbocycles. The SMILES string of the molecule is CNC(=O)OC1CCC2=CC3=CCC4(C)C([C@H]5C=Cc6ccncc6C5)CC[C@H]4[C@@]34CC[C@]2(C1)O4. The average molecular weight is 473 g/mol. The summed E-state index contributed by atoms with van der Waals surface area (Å²) in [5, 5.41) is 2.61. The van der Waals surface area contributed by atoms with Gasteiger partial charge in [0.05, 0.1) is 11.2 Å². The molecule has 1 aromatic heterocycles. The maximum Gasteiger partial charge on any atom is 0.407 e. The number of nitrogens with one attached hydrogen (secondary N) is 1. The van der Waals surface area contributed by atoms with Crippen LogP contribution in [0.2, 0.25) is 0 Å². The molecule has 5 nitrogen and oxygen atoms in total. The Labute approximate surface area is 208 Å². The van der Waals surface area contributed by atoms with Crippen LogP contribution in [0.3, 0.4) is 0 Å². The molecule has 7 atom stereocenters. The number of aromatic nitrogens is 1. The van der Waals surface area contributed by atoms with Gasteiger partial charge in [-0.05, 0) is 103 Å². The van der Waals surface area contributed by atoms with E-state index in [9.17, 15) is 4.79 Å². The van der Waals surface area contributed by atoms with Gasteiger partial charge in [-0.15, -0.1) is 0 Å². The summed E-state index contributed by atoms with van der Waals surface area (Å²) in [7, 11) is 1.63. The van der Waals surface area contributed by atoms with Crippen molar-refractivity contribution in [3.05, 3.63) is 59.0 Å². The van der Waals surface area contributed by atoms with E-state index in [0.717, 1.165) is 44.9 Å². The predicted octanol–water partition coefficient (Wildman–Crippen LogP) is 5.77. The van der Waals surface area contributed by atoms with E-state index >= 15 is 0 Å². The van der Waals surface area contributed by atoms with Crippen LogP contribution in [0.25, 0.3) is 6.08 Å². The smallest absolute Gasteiger partial charge is 0.407 e. The third-order valence-corrected chi connectivity index (χ3v) is 10.6. The molecule has 7 rings (SSSR count). The molecule has 35 heavy (non-hydrogen) atoms. The Bertz CT molecular complexity index is 1170. The molecule has 184 valence electrons. The Morgan fingerprint density at radius 2 is 2.17 bits per heavy atom. The summed E-state index contributed by atoms with van der Waals surface area (Å²) in [4.78, 5) is 16.3. The van der Waals surface area contributed by atoms with E-state index in [1.54, 1.807) is 7.05 Å². The lowest BCUT2D eigenvalue weighted by Gasteiger charge is -2.55. The molecule has 2 spiro atoms. The van der Waals surface area contributed by atoms with Gasteiger partial charge in [0.1, 0.15) is 6.10 Å². The second-order valence-electron chi connectivity index (χ2n) is 12.1. The number of allylic oxidation sites excluding steroid dienone is 2. The highest BCUT2D eigenvalue weighted by molar-refractivity contribution is 5.67. The van der Waals surface area contributed by atoms with Crippen LogP contribution < -0.4 is 5.32 Å². The van der Waals surface area contributed by atoms with Gasteiger partial charge < -0.3 is 14.8 Å². The van der Waals surface area contributed by atoms with E-state index < -0.39 is 0 Å². The average Bonchev–Trinajstić information content (AvgIpc) is 3.38. The lowest BCUT2D eigenvalue weighted by molar-refractivity contribution is -0.148. The largest absolute Gasteiger partial charge is 0.446 e. The minimum absolute atomic E-state index is 0.0693. The summed E-state index contributed by atoms with van der Waals surface area (Å²) in [5.41, 5.74) is 5.43. The summed E-state index contributed by atoms with van der Waals surface area (Å²) in [6.45, 7) is 2.55.